The maximum absolute atomic E-state index is 10.4. The molecule has 2 aromatic rings. The summed E-state index contributed by atoms with van der Waals surface area (Å²) in [4.78, 5) is 11.2. The Morgan fingerprint density at radius 2 is 1.60 bits per heavy atom. The van der Waals surface area contributed by atoms with Crippen molar-refractivity contribution in [1.82, 2.24) is 4.90 Å². The molecule has 1 N–H and O–H groups in total. The number of carbonyl (C=O) groups is 1. The number of ether oxygens (including phenoxy) is 2. The Balaban J connectivity index is 0.000000806. The molecule has 1 aliphatic heterocycles. The van der Waals surface area contributed by atoms with Gasteiger partial charge in [-0.2, -0.15) is 0 Å². The molecule has 0 spiro atoms. The van der Waals surface area contributed by atoms with E-state index in [2.05, 4.69) is 60.4 Å². The summed E-state index contributed by atoms with van der Waals surface area (Å²) in [5, 5.41) is 10.4. The van der Waals surface area contributed by atoms with Gasteiger partial charge in [-0.1, -0.05) is 54.1 Å². The van der Waals surface area contributed by atoms with E-state index in [-0.39, 0.29) is 18.2 Å². The zero-order valence-corrected chi connectivity index (χ0v) is 18.0. The van der Waals surface area contributed by atoms with E-state index < -0.39 is 0 Å². The lowest BCUT2D eigenvalue weighted by Crippen LogP contribution is -2.46. The van der Waals surface area contributed by atoms with E-state index in [0.717, 1.165) is 45.4 Å². The molecule has 3 atom stereocenters. The summed E-state index contributed by atoms with van der Waals surface area (Å²) in [6, 6.07) is 17.4. The fraction of sp³-hybridized carbons (Fsp3) is 0.480. The monoisotopic (exact) mass is 411 g/mol. The van der Waals surface area contributed by atoms with E-state index in [9.17, 15) is 5.11 Å². The second kappa shape index (κ2) is 11.4. The van der Waals surface area contributed by atoms with Crippen LogP contribution >= 0.6 is 0 Å². The van der Waals surface area contributed by atoms with E-state index >= 15 is 0 Å². The first-order chi connectivity index (χ1) is 14.6. The maximum Gasteiger partial charge on any atom is 0.116 e. The van der Waals surface area contributed by atoms with Crippen LogP contribution in [0.5, 0.6) is 0 Å². The van der Waals surface area contributed by atoms with Crippen LogP contribution in [0.4, 0.5) is 0 Å². The molecule has 2 fully saturated rings. The maximum atomic E-state index is 10.4. The van der Waals surface area contributed by atoms with E-state index in [0.29, 0.717) is 6.61 Å². The Bertz CT molecular complexity index is 769. The summed E-state index contributed by atoms with van der Waals surface area (Å²) in [5.41, 5.74) is 4.91. The number of aryl methyl sites for hydroxylation is 1. The predicted octanol–water partition coefficient (Wildman–Crippen LogP) is 3.61. The normalized spacial score (nSPS) is 24.2. The zero-order chi connectivity index (χ0) is 21.3. The molecule has 0 radical (unpaired) electrons. The largest absolute Gasteiger partial charge is 0.391 e. The lowest BCUT2D eigenvalue weighted by Gasteiger charge is -2.33. The minimum atomic E-state index is -0.294. The fourth-order valence-corrected chi connectivity index (χ4v) is 4.14. The van der Waals surface area contributed by atoms with Crippen LogP contribution in [0.2, 0.25) is 0 Å². The van der Waals surface area contributed by atoms with Gasteiger partial charge < -0.3 is 19.4 Å². The van der Waals surface area contributed by atoms with Gasteiger partial charge in [0.25, 0.3) is 0 Å². The first-order valence-corrected chi connectivity index (χ1v) is 10.8. The molecule has 30 heavy (non-hydrogen) atoms. The summed E-state index contributed by atoms with van der Waals surface area (Å²) < 4.78 is 11.5. The molecular formula is C25H33NO4. The summed E-state index contributed by atoms with van der Waals surface area (Å²) in [7, 11) is 0. The number of hydrogen-bond donors (Lipinski definition) is 1. The molecular weight excluding hydrogens is 378 g/mol. The topological polar surface area (TPSA) is 59.0 Å². The minimum Gasteiger partial charge on any atom is -0.391 e. The van der Waals surface area contributed by atoms with Crippen molar-refractivity contribution in [3.05, 3.63) is 59.7 Å². The van der Waals surface area contributed by atoms with Gasteiger partial charge >= 0.3 is 0 Å². The standard InChI is InChI=1S/C23H29NO3.C2H4O/c1-17-2-6-19(7-3-17)20-8-4-18(5-9-20)16-27-21-14-22(23(25)15-21)24-10-12-26-13-11-24;1-2-3/h2-9,21-23,25H,10-16H2,1H3;2H,1H3/t21-,22-,23-;/m0./s1. The van der Waals surface area contributed by atoms with Gasteiger partial charge in [0, 0.05) is 25.6 Å². The van der Waals surface area contributed by atoms with E-state index in [1.54, 1.807) is 0 Å². The number of aliphatic hydroxyl groups is 1. The fourth-order valence-electron chi connectivity index (χ4n) is 4.14. The molecule has 5 nitrogen and oxygen atoms in total. The molecule has 1 heterocycles. The van der Waals surface area contributed by atoms with Crippen LogP contribution in [-0.4, -0.2) is 60.8 Å². The summed E-state index contributed by atoms with van der Waals surface area (Å²) in [5.74, 6) is 0. The first kappa shape index (κ1) is 22.6. The van der Waals surface area contributed by atoms with E-state index in [4.69, 9.17) is 14.3 Å². The molecule has 0 unspecified atom stereocenters. The number of nitrogens with zero attached hydrogens (tertiary/aromatic N) is 1. The average Bonchev–Trinajstić information content (AvgIpc) is 3.15. The molecule has 0 amide bonds. The van der Waals surface area contributed by atoms with Crippen LogP contribution in [0, 0.1) is 6.92 Å². The minimum absolute atomic E-state index is 0.129. The Hall–Kier alpha value is -2.05. The number of benzene rings is 2. The number of aliphatic hydroxyl groups excluding tert-OH is 1. The third-order valence-electron chi connectivity index (χ3n) is 5.79. The van der Waals surface area contributed by atoms with Crippen molar-refractivity contribution in [2.45, 2.75) is 51.5 Å². The van der Waals surface area contributed by atoms with Crippen molar-refractivity contribution in [3.63, 3.8) is 0 Å². The van der Waals surface area contributed by atoms with Gasteiger partial charge in [-0.05, 0) is 37.0 Å². The van der Waals surface area contributed by atoms with Gasteiger partial charge in [0.15, 0.2) is 0 Å². The van der Waals surface area contributed by atoms with Crippen molar-refractivity contribution >= 4 is 6.29 Å². The number of morpholine rings is 1. The van der Waals surface area contributed by atoms with Crippen LogP contribution in [0.1, 0.15) is 30.9 Å². The van der Waals surface area contributed by atoms with Crippen molar-refractivity contribution in [3.8, 4) is 11.1 Å². The SMILES string of the molecule is CC=O.Cc1ccc(-c2ccc(CO[C@@H]3C[C@H](O)[C@@H](N4CCOCC4)C3)cc2)cc1. The van der Waals surface area contributed by atoms with Crippen molar-refractivity contribution in [2.24, 2.45) is 0 Å². The molecule has 4 rings (SSSR count). The molecule has 0 aromatic heterocycles. The molecule has 1 saturated carbocycles. The van der Waals surface area contributed by atoms with Crippen LogP contribution in [0.3, 0.4) is 0 Å². The third-order valence-corrected chi connectivity index (χ3v) is 5.79. The van der Waals surface area contributed by atoms with Gasteiger partial charge in [0.05, 0.1) is 32.0 Å². The van der Waals surface area contributed by atoms with Crippen molar-refractivity contribution < 1.29 is 19.4 Å². The van der Waals surface area contributed by atoms with Crippen LogP contribution in [0.15, 0.2) is 48.5 Å². The lowest BCUT2D eigenvalue weighted by molar-refractivity contribution is -0.106. The molecule has 1 saturated heterocycles. The molecule has 1 aliphatic carbocycles. The number of carbonyl (C=O) groups excluding carboxylic acids is 1. The van der Waals surface area contributed by atoms with Crippen LogP contribution < -0.4 is 0 Å². The molecule has 5 heteroatoms. The van der Waals surface area contributed by atoms with Gasteiger partial charge in [-0.3, -0.25) is 4.90 Å². The Labute approximate surface area is 179 Å². The molecule has 162 valence electrons. The smallest absolute Gasteiger partial charge is 0.116 e. The third kappa shape index (κ3) is 6.22. The second-order valence-corrected chi connectivity index (χ2v) is 7.99. The number of rotatable bonds is 5. The lowest BCUT2D eigenvalue weighted by atomic mass is 10.0. The molecule has 2 aromatic carbocycles. The number of hydrogen-bond acceptors (Lipinski definition) is 5. The summed E-state index contributed by atoms with van der Waals surface area (Å²) >= 11 is 0. The van der Waals surface area contributed by atoms with Crippen molar-refractivity contribution in [2.75, 3.05) is 26.3 Å². The van der Waals surface area contributed by atoms with Gasteiger partial charge in [0.2, 0.25) is 0 Å². The average molecular weight is 412 g/mol. The second-order valence-electron chi connectivity index (χ2n) is 7.99. The summed E-state index contributed by atoms with van der Waals surface area (Å²) in [6.07, 6.45) is 2.22. The van der Waals surface area contributed by atoms with Crippen LogP contribution in [-0.2, 0) is 20.9 Å². The highest BCUT2D eigenvalue weighted by Gasteiger charge is 2.37. The Kier molecular flexibility index (Phi) is 8.58. The van der Waals surface area contributed by atoms with E-state index in [1.165, 1.54) is 29.2 Å². The molecule has 2 aliphatic rings. The van der Waals surface area contributed by atoms with Crippen LogP contribution in [0.25, 0.3) is 11.1 Å². The molecule has 0 bridgehead atoms. The van der Waals surface area contributed by atoms with Gasteiger partial charge in [-0.25, -0.2) is 0 Å². The number of aldehydes is 1. The quantitative estimate of drug-likeness (QED) is 0.762. The van der Waals surface area contributed by atoms with Gasteiger partial charge in [0.1, 0.15) is 6.29 Å². The van der Waals surface area contributed by atoms with Gasteiger partial charge in [-0.15, -0.1) is 0 Å². The predicted molar refractivity (Wildman–Crippen MR) is 118 cm³/mol. The summed E-state index contributed by atoms with van der Waals surface area (Å²) in [6.45, 7) is 7.50. The highest BCUT2D eigenvalue weighted by molar-refractivity contribution is 5.63. The Morgan fingerprint density at radius 3 is 2.20 bits per heavy atom. The van der Waals surface area contributed by atoms with Crippen molar-refractivity contribution in [1.29, 1.82) is 0 Å². The Morgan fingerprint density at radius 1 is 1.03 bits per heavy atom. The highest BCUT2D eigenvalue weighted by Crippen LogP contribution is 2.28. The zero-order valence-electron chi connectivity index (χ0n) is 18.0. The highest BCUT2D eigenvalue weighted by atomic mass is 16.5. The first-order valence-electron chi connectivity index (χ1n) is 10.8. The van der Waals surface area contributed by atoms with E-state index in [1.807, 2.05) is 0 Å².